The molecule has 2 aliphatic heterocycles. The number of rotatable bonds is 0. The number of ketones is 1. The van der Waals surface area contributed by atoms with Crippen LogP contribution < -0.4 is 9.47 Å². The molecule has 5 rings (SSSR count). The number of benzene rings is 2. The molecule has 2 heterocycles. The van der Waals surface area contributed by atoms with Gasteiger partial charge in [-0.2, -0.15) is 0 Å². The topological polar surface area (TPSA) is 38.8 Å². The average molecular weight is 307 g/mol. The summed E-state index contributed by atoms with van der Waals surface area (Å²) in [6.45, 7) is 3.14. The first-order valence-corrected chi connectivity index (χ1v) is 7.94. The Labute approximate surface area is 134 Å². The van der Waals surface area contributed by atoms with Crippen molar-refractivity contribution < 1.29 is 14.3 Å². The molecule has 0 bridgehead atoms. The minimum absolute atomic E-state index is 0.169. The molecule has 0 aromatic heterocycles. The summed E-state index contributed by atoms with van der Waals surface area (Å²) in [7, 11) is 2.03. The molecule has 3 aliphatic rings. The van der Waals surface area contributed by atoms with Crippen molar-refractivity contribution in [2.45, 2.75) is 18.9 Å². The first kappa shape index (κ1) is 13.1. The Morgan fingerprint density at radius 1 is 1.17 bits per heavy atom. The van der Waals surface area contributed by atoms with Crippen LogP contribution in [0.15, 0.2) is 30.3 Å². The quantitative estimate of drug-likeness (QED) is 0.750. The molecule has 4 heteroatoms. The van der Waals surface area contributed by atoms with Gasteiger partial charge in [0, 0.05) is 17.7 Å². The Kier molecular flexibility index (Phi) is 2.37. The molecule has 1 atom stereocenters. The monoisotopic (exact) mass is 307 g/mol. The van der Waals surface area contributed by atoms with Crippen LogP contribution in [0.2, 0.25) is 0 Å². The van der Waals surface area contributed by atoms with Gasteiger partial charge in [-0.1, -0.05) is 24.3 Å². The number of nitrogens with zero attached hydrogens (tertiary/aromatic N) is 1. The molecular formula is C19H17NO3. The van der Waals surface area contributed by atoms with E-state index in [1.165, 1.54) is 5.56 Å². The zero-order valence-electron chi connectivity index (χ0n) is 13.2. The summed E-state index contributed by atoms with van der Waals surface area (Å²) in [6, 6.07) is 9.90. The van der Waals surface area contributed by atoms with E-state index in [0.717, 1.165) is 46.7 Å². The predicted molar refractivity (Wildman–Crippen MR) is 86.0 cm³/mol. The van der Waals surface area contributed by atoms with Gasteiger partial charge in [0.2, 0.25) is 6.79 Å². The lowest BCUT2D eigenvalue weighted by atomic mass is 9.68. The van der Waals surface area contributed by atoms with Gasteiger partial charge in [-0.3, -0.25) is 9.69 Å². The number of carbonyl (C=O) groups excluding carboxylic acids is 1. The highest BCUT2D eigenvalue weighted by atomic mass is 16.7. The van der Waals surface area contributed by atoms with Gasteiger partial charge in [-0.05, 0) is 43.1 Å². The minimum Gasteiger partial charge on any atom is -0.454 e. The van der Waals surface area contributed by atoms with Gasteiger partial charge in [0.05, 0.1) is 0 Å². The fraction of sp³-hybridized carbons (Fsp3) is 0.316. The van der Waals surface area contributed by atoms with Gasteiger partial charge in [0.1, 0.15) is 5.54 Å². The largest absolute Gasteiger partial charge is 0.454 e. The standard InChI is InChI=1S/C19H17NO3/c1-19-16-11(7-8-20(19)2)9-14-17(23-10-22-14)15(16)12-5-3-4-6-13(12)18(19)21/h3-6,9H,7-8,10H2,1-2H3. The summed E-state index contributed by atoms with van der Waals surface area (Å²) in [5.41, 5.74) is 4.43. The summed E-state index contributed by atoms with van der Waals surface area (Å²) in [6.07, 6.45) is 0.917. The summed E-state index contributed by atoms with van der Waals surface area (Å²) >= 11 is 0. The van der Waals surface area contributed by atoms with Crippen LogP contribution in [0.25, 0.3) is 11.1 Å². The summed E-state index contributed by atoms with van der Waals surface area (Å²) < 4.78 is 11.4. The van der Waals surface area contributed by atoms with Gasteiger partial charge in [0.15, 0.2) is 17.3 Å². The fourth-order valence-electron chi connectivity index (χ4n) is 4.26. The van der Waals surface area contributed by atoms with Crippen LogP contribution in [-0.4, -0.2) is 31.1 Å². The molecule has 0 saturated carbocycles. The van der Waals surface area contributed by atoms with Crippen LogP contribution in [0.1, 0.15) is 28.4 Å². The van der Waals surface area contributed by atoms with E-state index in [2.05, 4.69) is 11.0 Å². The predicted octanol–water partition coefficient (Wildman–Crippen LogP) is 2.98. The molecular weight excluding hydrogens is 290 g/mol. The molecule has 0 radical (unpaired) electrons. The summed E-state index contributed by atoms with van der Waals surface area (Å²) in [4.78, 5) is 15.5. The highest BCUT2D eigenvalue weighted by molar-refractivity contribution is 6.13. The van der Waals surface area contributed by atoms with E-state index < -0.39 is 5.54 Å². The lowest BCUT2D eigenvalue weighted by molar-refractivity contribution is 0.0624. The molecule has 0 spiro atoms. The van der Waals surface area contributed by atoms with E-state index in [4.69, 9.17) is 9.47 Å². The molecule has 2 aromatic rings. The normalized spacial score (nSPS) is 24.3. The average Bonchev–Trinajstić information content (AvgIpc) is 3.03. The van der Waals surface area contributed by atoms with E-state index in [9.17, 15) is 4.79 Å². The second-order valence-corrected chi connectivity index (χ2v) is 6.64. The van der Waals surface area contributed by atoms with Crippen LogP contribution in [0.4, 0.5) is 0 Å². The summed E-state index contributed by atoms with van der Waals surface area (Å²) in [5.74, 6) is 1.75. The second kappa shape index (κ2) is 4.15. The van der Waals surface area contributed by atoms with Gasteiger partial charge in [-0.15, -0.1) is 0 Å². The smallest absolute Gasteiger partial charge is 0.231 e. The third-order valence-electron chi connectivity index (χ3n) is 5.59. The SMILES string of the molecule is CN1CCc2cc3c(c4c2C1(C)C(=O)c1ccccc1-4)OCO3. The second-order valence-electron chi connectivity index (χ2n) is 6.64. The first-order valence-electron chi connectivity index (χ1n) is 7.94. The Morgan fingerprint density at radius 2 is 1.96 bits per heavy atom. The molecule has 0 N–H and O–H groups in total. The zero-order chi connectivity index (χ0) is 15.8. The third-order valence-corrected chi connectivity index (χ3v) is 5.59. The van der Waals surface area contributed by atoms with Crippen molar-refractivity contribution in [3.63, 3.8) is 0 Å². The Morgan fingerprint density at radius 3 is 2.78 bits per heavy atom. The van der Waals surface area contributed by atoms with E-state index in [1.54, 1.807) is 0 Å². The molecule has 4 nitrogen and oxygen atoms in total. The highest BCUT2D eigenvalue weighted by Crippen LogP contribution is 2.55. The minimum atomic E-state index is -0.641. The van der Waals surface area contributed by atoms with E-state index in [1.807, 2.05) is 38.2 Å². The van der Waals surface area contributed by atoms with Gasteiger partial charge >= 0.3 is 0 Å². The van der Waals surface area contributed by atoms with Gasteiger partial charge in [-0.25, -0.2) is 0 Å². The maximum atomic E-state index is 13.3. The van der Waals surface area contributed by atoms with Gasteiger partial charge in [0.25, 0.3) is 0 Å². The molecule has 116 valence electrons. The maximum absolute atomic E-state index is 13.3. The Balaban J connectivity index is 1.97. The maximum Gasteiger partial charge on any atom is 0.231 e. The van der Waals surface area contributed by atoms with Crippen molar-refractivity contribution in [3.05, 3.63) is 47.0 Å². The summed E-state index contributed by atoms with van der Waals surface area (Å²) in [5, 5.41) is 0. The Bertz CT molecular complexity index is 873. The molecule has 0 fully saturated rings. The molecule has 23 heavy (non-hydrogen) atoms. The lowest BCUT2D eigenvalue weighted by Gasteiger charge is -2.46. The molecule has 0 amide bonds. The number of carbonyl (C=O) groups is 1. The van der Waals surface area contributed by atoms with Gasteiger partial charge < -0.3 is 9.47 Å². The van der Waals surface area contributed by atoms with Crippen molar-refractivity contribution >= 4 is 5.78 Å². The Hall–Kier alpha value is -2.33. The highest BCUT2D eigenvalue weighted by Gasteiger charge is 2.50. The van der Waals surface area contributed by atoms with E-state index in [0.29, 0.717) is 0 Å². The van der Waals surface area contributed by atoms with Crippen molar-refractivity contribution in [2.75, 3.05) is 20.4 Å². The first-order chi connectivity index (χ1) is 11.1. The number of fused-ring (bicyclic) bond motifs is 4. The van der Waals surface area contributed by atoms with Crippen LogP contribution in [0.3, 0.4) is 0 Å². The fourth-order valence-corrected chi connectivity index (χ4v) is 4.26. The third kappa shape index (κ3) is 1.42. The lowest BCUT2D eigenvalue weighted by Crippen LogP contribution is -2.53. The molecule has 2 aromatic carbocycles. The van der Waals surface area contributed by atoms with Crippen molar-refractivity contribution in [3.8, 4) is 22.6 Å². The number of Topliss-reactive ketones (excluding diaryl/α,β-unsaturated/α-hetero) is 1. The van der Waals surface area contributed by atoms with Crippen molar-refractivity contribution in [2.24, 2.45) is 0 Å². The molecule has 0 saturated heterocycles. The van der Waals surface area contributed by atoms with Crippen LogP contribution >= 0.6 is 0 Å². The number of likely N-dealkylation sites (N-methyl/N-ethyl adjacent to an activating group) is 1. The van der Waals surface area contributed by atoms with Crippen LogP contribution in [-0.2, 0) is 12.0 Å². The van der Waals surface area contributed by atoms with Crippen molar-refractivity contribution in [1.82, 2.24) is 4.90 Å². The number of hydrogen-bond donors (Lipinski definition) is 0. The van der Waals surface area contributed by atoms with Crippen LogP contribution in [0, 0.1) is 0 Å². The molecule has 1 aliphatic carbocycles. The number of hydrogen-bond acceptors (Lipinski definition) is 4. The number of ether oxygens (including phenoxy) is 2. The van der Waals surface area contributed by atoms with E-state index >= 15 is 0 Å². The van der Waals surface area contributed by atoms with E-state index in [-0.39, 0.29) is 12.6 Å². The van der Waals surface area contributed by atoms with Crippen LogP contribution in [0.5, 0.6) is 11.5 Å². The molecule has 1 unspecified atom stereocenters. The van der Waals surface area contributed by atoms with Crippen molar-refractivity contribution in [1.29, 1.82) is 0 Å². The zero-order valence-corrected chi connectivity index (χ0v) is 13.2.